The van der Waals surface area contributed by atoms with Crippen LogP contribution >= 0.6 is 0 Å². The van der Waals surface area contributed by atoms with Gasteiger partial charge in [-0.05, 0) is 12.1 Å². The molecule has 2 rings (SSSR count). The zero-order valence-corrected chi connectivity index (χ0v) is 11.4. The minimum Gasteiger partial charge on any atom is -0.374 e. The van der Waals surface area contributed by atoms with E-state index in [1.807, 2.05) is 0 Å². The highest BCUT2D eigenvalue weighted by Crippen LogP contribution is 2.17. The van der Waals surface area contributed by atoms with E-state index in [0.717, 1.165) is 12.6 Å². The molecule has 0 aliphatic carbocycles. The molecule has 0 aromatic heterocycles. The SMILES string of the molecule is N#Cc1c(F)cccc1S(=O)(=O)NCC1CNCCO1. The van der Waals surface area contributed by atoms with E-state index in [0.29, 0.717) is 13.2 Å². The van der Waals surface area contributed by atoms with Crippen LogP contribution in [0.25, 0.3) is 0 Å². The molecule has 1 aromatic carbocycles. The van der Waals surface area contributed by atoms with Gasteiger partial charge in [-0.3, -0.25) is 0 Å². The first-order valence-corrected chi connectivity index (χ1v) is 7.53. The topological polar surface area (TPSA) is 91.2 Å². The van der Waals surface area contributed by atoms with Gasteiger partial charge in [0.1, 0.15) is 22.3 Å². The van der Waals surface area contributed by atoms with Crippen molar-refractivity contribution in [2.45, 2.75) is 11.0 Å². The van der Waals surface area contributed by atoms with Crippen LogP contribution < -0.4 is 10.0 Å². The monoisotopic (exact) mass is 299 g/mol. The summed E-state index contributed by atoms with van der Waals surface area (Å²) >= 11 is 0. The summed E-state index contributed by atoms with van der Waals surface area (Å²) in [7, 11) is -3.95. The van der Waals surface area contributed by atoms with Crippen molar-refractivity contribution in [3.63, 3.8) is 0 Å². The first kappa shape index (κ1) is 14.9. The Hall–Kier alpha value is -1.53. The molecule has 1 aromatic rings. The second-order valence-electron chi connectivity index (χ2n) is 4.27. The van der Waals surface area contributed by atoms with Gasteiger partial charge in [0, 0.05) is 19.6 Å². The van der Waals surface area contributed by atoms with Crippen LogP contribution in [0.2, 0.25) is 0 Å². The second-order valence-corrected chi connectivity index (χ2v) is 6.01. The van der Waals surface area contributed by atoms with Crippen LogP contribution in [0.15, 0.2) is 23.1 Å². The summed E-state index contributed by atoms with van der Waals surface area (Å²) in [5.74, 6) is -0.856. The highest BCUT2D eigenvalue weighted by Gasteiger charge is 2.23. The van der Waals surface area contributed by atoms with Gasteiger partial charge in [0.05, 0.1) is 12.7 Å². The van der Waals surface area contributed by atoms with E-state index in [-0.39, 0.29) is 17.5 Å². The second kappa shape index (κ2) is 6.28. The summed E-state index contributed by atoms with van der Waals surface area (Å²) in [6, 6.07) is 5.07. The van der Waals surface area contributed by atoms with Crippen molar-refractivity contribution in [1.82, 2.24) is 10.0 Å². The van der Waals surface area contributed by atoms with Crippen LogP contribution in [-0.4, -0.2) is 40.8 Å². The van der Waals surface area contributed by atoms with Gasteiger partial charge in [-0.25, -0.2) is 17.5 Å². The molecular weight excluding hydrogens is 285 g/mol. The highest BCUT2D eigenvalue weighted by molar-refractivity contribution is 7.89. The summed E-state index contributed by atoms with van der Waals surface area (Å²) in [4.78, 5) is -0.358. The number of hydrogen-bond acceptors (Lipinski definition) is 5. The van der Waals surface area contributed by atoms with Gasteiger partial charge in [0.2, 0.25) is 10.0 Å². The average Bonchev–Trinajstić information content (AvgIpc) is 2.46. The third-order valence-corrected chi connectivity index (χ3v) is 4.35. The molecule has 0 spiro atoms. The Morgan fingerprint density at radius 1 is 1.55 bits per heavy atom. The van der Waals surface area contributed by atoms with Crippen molar-refractivity contribution >= 4 is 10.0 Å². The van der Waals surface area contributed by atoms with E-state index in [1.54, 1.807) is 6.07 Å². The maximum Gasteiger partial charge on any atom is 0.242 e. The summed E-state index contributed by atoms with van der Waals surface area (Å²) in [6.45, 7) is 1.84. The normalized spacial score (nSPS) is 19.5. The first-order chi connectivity index (χ1) is 9.54. The molecule has 20 heavy (non-hydrogen) atoms. The Morgan fingerprint density at radius 3 is 3.00 bits per heavy atom. The van der Waals surface area contributed by atoms with Gasteiger partial charge in [0.15, 0.2) is 0 Å². The number of nitrogens with zero attached hydrogens (tertiary/aromatic N) is 1. The number of benzene rings is 1. The molecular formula is C12H14FN3O3S. The average molecular weight is 299 g/mol. The highest BCUT2D eigenvalue weighted by atomic mass is 32.2. The number of morpholine rings is 1. The Bertz CT molecular complexity index is 621. The maximum atomic E-state index is 13.4. The molecule has 1 aliphatic rings. The first-order valence-electron chi connectivity index (χ1n) is 6.05. The number of hydrogen-bond donors (Lipinski definition) is 2. The van der Waals surface area contributed by atoms with Gasteiger partial charge in [-0.15, -0.1) is 0 Å². The number of sulfonamides is 1. The number of nitrogens with one attached hydrogen (secondary N) is 2. The van der Waals surface area contributed by atoms with E-state index >= 15 is 0 Å². The lowest BCUT2D eigenvalue weighted by atomic mass is 10.2. The van der Waals surface area contributed by atoms with Gasteiger partial charge in [-0.1, -0.05) is 6.07 Å². The molecule has 0 saturated carbocycles. The smallest absolute Gasteiger partial charge is 0.242 e. The molecule has 1 fully saturated rings. The van der Waals surface area contributed by atoms with Crippen molar-refractivity contribution in [3.8, 4) is 6.07 Å². The molecule has 6 nitrogen and oxygen atoms in total. The Kier molecular flexibility index (Phi) is 4.67. The summed E-state index contributed by atoms with van der Waals surface area (Å²) < 4.78 is 45.3. The molecule has 0 bridgehead atoms. The predicted molar refractivity (Wildman–Crippen MR) is 68.9 cm³/mol. The molecule has 1 atom stereocenters. The minimum absolute atomic E-state index is 0.0662. The van der Waals surface area contributed by atoms with Gasteiger partial charge in [-0.2, -0.15) is 5.26 Å². The van der Waals surface area contributed by atoms with Crippen molar-refractivity contribution in [1.29, 1.82) is 5.26 Å². The Labute approximate surface area is 116 Å². The zero-order chi connectivity index (χ0) is 14.6. The zero-order valence-electron chi connectivity index (χ0n) is 10.6. The molecule has 2 N–H and O–H groups in total. The van der Waals surface area contributed by atoms with Crippen molar-refractivity contribution in [2.75, 3.05) is 26.2 Å². The summed E-state index contributed by atoms with van der Waals surface area (Å²) in [5.41, 5.74) is -0.484. The Balaban J connectivity index is 2.14. The van der Waals surface area contributed by atoms with Crippen LogP contribution in [-0.2, 0) is 14.8 Å². The maximum absolute atomic E-state index is 13.4. The predicted octanol–water partition coefficient (Wildman–Crippen LogP) is -0.0359. The van der Waals surface area contributed by atoms with E-state index in [1.165, 1.54) is 12.1 Å². The van der Waals surface area contributed by atoms with E-state index in [9.17, 15) is 12.8 Å². The number of halogens is 1. The van der Waals surface area contributed by atoms with Crippen molar-refractivity contribution < 1.29 is 17.5 Å². The lowest BCUT2D eigenvalue weighted by Gasteiger charge is -2.23. The lowest BCUT2D eigenvalue weighted by Crippen LogP contribution is -2.45. The molecule has 1 unspecified atom stereocenters. The summed E-state index contributed by atoms with van der Waals surface area (Å²) in [5, 5.41) is 11.9. The lowest BCUT2D eigenvalue weighted by molar-refractivity contribution is 0.0324. The van der Waals surface area contributed by atoms with E-state index < -0.39 is 21.4 Å². The molecule has 108 valence electrons. The molecule has 1 aliphatic heterocycles. The van der Waals surface area contributed by atoms with Crippen LogP contribution in [0.4, 0.5) is 4.39 Å². The molecule has 1 saturated heterocycles. The van der Waals surface area contributed by atoms with Gasteiger partial charge >= 0.3 is 0 Å². The van der Waals surface area contributed by atoms with Crippen molar-refractivity contribution in [3.05, 3.63) is 29.6 Å². The van der Waals surface area contributed by atoms with Gasteiger partial charge < -0.3 is 10.1 Å². The minimum atomic E-state index is -3.95. The van der Waals surface area contributed by atoms with Crippen molar-refractivity contribution in [2.24, 2.45) is 0 Å². The van der Waals surface area contributed by atoms with Crippen LogP contribution in [0, 0.1) is 17.1 Å². The third-order valence-electron chi connectivity index (χ3n) is 2.88. The number of nitriles is 1. The molecule has 8 heteroatoms. The number of ether oxygens (including phenoxy) is 1. The van der Waals surface area contributed by atoms with E-state index in [2.05, 4.69) is 10.0 Å². The third kappa shape index (κ3) is 3.32. The standard InChI is InChI=1S/C12H14FN3O3S/c13-11-2-1-3-12(10(11)6-14)20(17,18)16-8-9-7-15-4-5-19-9/h1-3,9,15-16H,4-5,7-8H2. The fourth-order valence-electron chi connectivity index (χ4n) is 1.87. The van der Waals surface area contributed by atoms with Crippen LogP contribution in [0.1, 0.15) is 5.56 Å². The molecule has 0 radical (unpaired) electrons. The van der Waals surface area contributed by atoms with E-state index in [4.69, 9.17) is 10.00 Å². The quantitative estimate of drug-likeness (QED) is 0.814. The van der Waals surface area contributed by atoms with Gasteiger partial charge in [0.25, 0.3) is 0 Å². The fourth-order valence-corrected chi connectivity index (χ4v) is 3.10. The molecule has 1 heterocycles. The van der Waals surface area contributed by atoms with Crippen LogP contribution in [0.3, 0.4) is 0 Å². The number of rotatable bonds is 4. The summed E-state index contributed by atoms with van der Waals surface area (Å²) in [6.07, 6.45) is -0.280. The molecule has 0 amide bonds. The Morgan fingerprint density at radius 2 is 2.35 bits per heavy atom. The largest absolute Gasteiger partial charge is 0.374 e. The van der Waals surface area contributed by atoms with Crippen LogP contribution in [0.5, 0.6) is 0 Å². The fraction of sp³-hybridized carbons (Fsp3) is 0.417.